The highest BCUT2D eigenvalue weighted by atomic mass is 32.1. The molecular weight excluding hydrogens is 477 g/mol. The van der Waals surface area contributed by atoms with E-state index in [0.717, 1.165) is 11.3 Å². The van der Waals surface area contributed by atoms with Gasteiger partial charge in [0.15, 0.2) is 0 Å². The van der Waals surface area contributed by atoms with Crippen LogP contribution in [0.15, 0.2) is 71.1 Å². The van der Waals surface area contributed by atoms with Gasteiger partial charge in [-0.25, -0.2) is 18.2 Å². The fourth-order valence-electron chi connectivity index (χ4n) is 3.59. The van der Waals surface area contributed by atoms with Crippen molar-refractivity contribution >= 4 is 23.0 Å². The first-order chi connectivity index (χ1) is 16.6. The van der Waals surface area contributed by atoms with Gasteiger partial charge in [0.1, 0.15) is 12.1 Å². The minimum Gasteiger partial charge on any atom is -0.448 e. The van der Waals surface area contributed by atoms with Crippen LogP contribution in [0.1, 0.15) is 57.8 Å². The van der Waals surface area contributed by atoms with Gasteiger partial charge in [-0.15, -0.1) is 11.3 Å². The first-order valence-corrected chi connectivity index (χ1v) is 11.8. The Hall–Kier alpha value is -3.46. The molecule has 2 heterocycles. The Morgan fingerprint density at radius 1 is 1.26 bits per heavy atom. The molecule has 0 saturated heterocycles. The van der Waals surface area contributed by atoms with Gasteiger partial charge in [0.2, 0.25) is 11.7 Å². The minimum absolute atomic E-state index is 0.0246. The summed E-state index contributed by atoms with van der Waals surface area (Å²) in [5.41, 5.74) is 1.19. The molecule has 0 aliphatic heterocycles. The van der Waals surface area contributed by atoms with Crippen LogP contribution < -0.4 is 5.32 Å². The maximum absolute atomic E-state index is 13.2. The van der Waals surface area contributed by atoms with Crippen molar-refractivity contribution in [3.05, 3.63) is 88.7 Å². The zero-order valence-electron chi connectivity index (χ0n) is 19.1. The highest BCUT2D eigenvalue weighted by molar-refractivity contribution is 7.17. The first-order valence-electron chi connectivity index (χ1n) is 10.9. The second-order valence-corrected chi connectivity index (χ2v) is 9.92. The Kier molecular flexibility index (Phi) is 7.07. The zero-order valence-corrected chi connectivity index (χ0v) is 19.9. The maximum atomic E-state index is 13.2. The molecule has 0 saturated carbocycles. The number of halogens is 3. The predicted octanol–water partition coefficient (Wildman–Crippen LogP) is 6.46. The second-order valence-electron chi connectivity index (χ2n) is 8.84. The molecule has 5 nitrogen and oxygen atoms in total. The predicted molar refractivity (Wildman–Crippen MR) is 128 cm³/mol. The van der Waals surface area contributed by atoms with Crippen LogP contribution >= 0.6 is 11.3 Å². The molecule has 2 aromatic heterocycles. The number of carbonyl (C=O) groups excluding carboxylic acids is 2. The molecule has 182 valence electrons. The third-order valence-corrected chi connectivity index (χ3v) is 6.88. The molecule has 1 aliphatic rings. The van der Waals surface area contributed by atoms with Crippen LogP contribution in [0, 0.1) is 0 Å². The molecule has 1 unspecified atom stereocenters. The number of alkyl halides is 2. The summed E-state index contributed by atoms with van der Waals surface area (Å²) >= 11 is 0.963. The van der Waals surface area contributed by atoms with Crippen molar-refractivity contribution in [1.29, 1.82) is 0 Å². The molecular formula is C26H23F3N2O3S. The van der Waals surface area contributed by atoms with Crippen molar-refractivity contribution in [1.82, 2.24) is 10.3 Å². The van der Waals surface area contributed by atoms with Crippen LogP contribution in [-0.2, 0) is 5.41 Å². The SMILES string of the molecule is CC(C)(CNC(=O)c1cccc(-c2ccc(C(=O)C(F)F)s2)c1)c1coc(C2C=CC(F)=CC2)n1. The lowest BCUT2D eigenvalue weighted by atomic mass is 9.89. The Morgan fingerprint density at radius 3 is 2.77 bits per heavy atom. The number of allylic oxidation sites excluding steroid dienone is 4. The highest BCUT2D eigenvalue weighted by Gasteiger charge is 2.28. The van der Waals surface area contributed by atoms with E-state index in [1.807, 2.05) is 13.8 Å². The van der Waals surface area contributed by atoms with Gasteiger partial charge in [-0.05, 0) is 48.4 Å². The van der Waals surface area contributed by atoms with Crippen LogP contribution in [0.25, 0.3) is 10.4 Å². The molecule has 9 heteroatoms. The lowest BCUT2D eigenvalue weighted by Crippen LogP contribution is -2.37. The smallest absolute Gasteiger partial charge is 0.301 e. The van der Waals surface area contributed by atoms with E-state index in [1.165, 1.54) is 18.2 Å². The number of thiophene rings is 1. The molecule has 1 aliphatic carbocycles. The van der Waals surface area contributed by atoms with Crippen molar-refractivity contribution in [3.63, 3.8) is 0 Å². The molecule has 1 aromatic carbocycles. The topological polar surface area (TPSA) is 72.2 Å². The van der Waals surface area contributed by atoms with Gasteiger partial charge < -0.3 is 9.73 Å². The number of carbonyl (C=O) groups is 2. The van der Waals surface area contributed by atoms with Gasteiger partial charge >= 0.3 is 6.43 Å². The van der Waals surface area contributed by atoms with Crippen LogP contribution in [0.2, 0.25) is 0 Å². The van der Waals surface area contributed by atoms with Crippen molar-refractivity contribution in [2.75, 3.05) is 6.54 Å². The van der Waals surface area contributed by atoms with E-state index >= 15 is 0 Å². The molecule has 4 rings (SSSR count). The number of nitrogens with zero attached hydrogens (tertiary/aromatic N) is 1. The van der Waals surface area contributed by atoms with Gasteiger partial charge in [0.05, 0.1) is 16.5 Å². The molecule has 35 heavy (non-hydrogen) atoms. The van der Waals surface area contributed by atoms with Crippen molar-refractivity contribution in [2.45, 2.75) is 38.0 Å². The summed E-state index contributed by atoms with van der Waals surface area (Å²) < 4.78 is 44.2. The fourth-order valence-corrected chi connectivity index (χ4v) is 4.53. The van der Waals surface area contributed by atoms with Crippen molar-refractivity contribution in [3.8, 4) is 10.4 Å². The first kappa shape index (κ1) is 24.7. The Bertz CT molecular complexity index is 1310. The van der Waals surface area contributed by atoms with Crippen molar-refractivity contribution in [2.24, 2.45) is 0 Å². The largest absolute Gasteiger partial charge is 0.448 e. The lowest BCUT2D eigenvalue weighted by molar-refractivity contribution is 0.0683. The summed E-state index contributed by atoms with van der Waals surface area (Å²) in [4.78, 5) is 29.5. The fraction of sp³-hybridized carbons (Fsp3) is 0.269. The van der Waals surface area contributed by atoms with Gasteiger partial charge in [0, 0.05) is 22.4 Å². The highest BCUT2D eigenvalue weighted by Crippen LogP contribution is 2.31. The number of ketones is 1. The number of rotatable bonds is 8. The average molecular weight is 501 g/mol. The lowest BCUT2D eigenvalue weighted by Gasteiger charge is -2.22. The van der Waals surface area contributed by atoms with Crippen LogP contribution in [0.3, 0.4) is 0 Å². The number of hydrogen-bond acceptors (Lipinski definition) is 5. The third kappa shape index (κ3) is 5.62. The normalized spacial score (nSPS) is 15.8. The second kappa shape index (κ2) is 10.0. The van der Waals surface area contributed by atoms with E-state index in [-0.39, 0.29) is 29.1 Å². The molecule has 0 bridgehead atoms. The Balaban J connectivity index is 1.41. The van der Waals surface area contributed by atoms with Crippen LogP contribution in [-0.4, -0.2) is 29.6 Å². The number of benzene rings is 1. The van der Waals surface area contributed by atoms with E-state index in [4.69, 9.17) is 4.42 Å². The number of Topliss-reactive ketones (excluding diaryl/α,β-unsaturated/α-hetero) is 1. The number of hydrogen-bond donors (Lipinski definition) is 1. The zero-order chi connectivity index (χ0) is 25.2. The number of oxazole rings is 1. The summed E-state index contributed by atoms with van der Waals surface area (Å²) in [5.74, 6) is -1.43. The Labute approximate surface area is 204 Å². The van der Waals surface area contributed by atoms with E-state index in [0.29, 0.717) is 34.0 Å². The van der Waals surface area contributed by atoms with Gasteiger partial charge in [-0.3, -0.25) is 9.59 Å². The standard InChI is InChI=1S/C26H23F3N2O3S/c1-26(2,21-13-34-25(31-21)15-6-8-18(27)9-7-15)14-30-24(33)17-5-3-4-16(12-17)19-10-11-20(35-19)22(32)23(28)29/h3-6,8-13,15,23H,7,14H2,1-2H3,(H,30,33). The number of nitrogens with one attached hydrogen (secondary N) is 1. The molecule has 3 aromatic rings. The molecule has 0 spiro atoms. The third-order valence-electron chi connectivity index (χ3n) is 5.73. The monoisotopic (exact) mass is 500 g/mol. The molecule has 0 fully saturated rings. The van der Waals surface area contributed by atoms with E-state index in [9.17, 15) is 22.8 Å². The molecule has 1 N–H and O–H groups in total. The van der Waals surface area contributed by atoms with Crippen molar-refractivity contribution < 1.29 is 27.2 Å². The van der Waals surface area contributed by atoms with E-state index in [1.54, 1.807) is 42.7 Å². The summed E-state index contributed by atoms with van der Waals surface area (Å²) in [5, 5.41) is 2.91. The van der Waals surface area contributed by atoms with Crippen LogP contribution in [0.5, 0.6) is 0 Å². The summed E-state index contributed by atoms with van der Waals surface area (Å²) in [6.07, 6.45) is 3.57. The minimum atomic E-state index is -3.05. The number of amides is 1. The molecule has 1 amide bonds. The quantitative estimate of drug-likeness (QED) is 0.361. The van der Waals surface area contributed by atoms with Gasteiger partial charge in [-0.2, -0.15) is 0 Å². The number of aromatic nitrogens is 1. The summed E-state index contributed by atoms with van der Waals surface area (Å²) in [6, 6.07) is 9.71. The summed E-state index contributed by atoms with van der Waals surface area (Å²) in [6.45, 7) is 4.13. The van der Waals surface area contributed by atoms with Gasteiger partial charge in [-0.1, -0.05) is 32.1 Å². The maximum Gasteiger partial charge on any atom is 0.301 e. The molecule has 1 atom stereocenters. The van der Waals surface area contributed by atoms with Crippen LogP contribution in [0.4, 0.5) is 13.2 Å². The Morgan fingerprint density at radius 2 is 2.06 bits per heavy atom. The average Bonchev–Trinajstić information content (AvgIpc) is 3.53. The van der Waals surface area contributed by atoms with E-state index < -0.39 is 17.6 Å². The summed E-state index contributed by atoms with van der Waals surface area (Å²) in [7, 11) is 0. The molecule has 0 radical (unpaired) electrons. The van der Waals surface area contributed by atoms with Gasteiger partial charge in [0.25, 0.3) is 5.91 Å². The van der Waals surface area contributed by atoms with E-state index in [2.05, 4.69) is 10.3 Å².